The summed E-state index contributed by atoms with van der Waals surface area (Å²) in [6, 6.07) is 0. The van der Waals surface area contributed by atoms with Crippen molar-refractivity contribution in [2.45, 2.75) is 38.0 Å². The lowest BCUT2D eigenvalue weighted by Crippen LogP contribution is -2.26. The van der Waals surface area contributed by atoms with Gasteiger partial charge in [0.05, 0.1) is 6.10 Å². The summed E-state index contributed by atoms with van der Waals surface area (Å²) >= 11 is 0. The van der Waals surface area contributed by atoms with Crippen molar-refractivity contribution >= 4 is 5.97 Å². The molecule has 0 radical (unpaired) electrons. The smallest absolute Gasteiger partial charge is 0.425 e. The highest BCUT2D eigenvalue weighted by molar-refractivity contribution is 5.76. The minimum Gasteiger partial charge on any atom is -0.425 e. The van der Waals surface area contributed by atoms with E-state index in [1.807, 2.05) is 0 Å². The molecule has 0 fully saturated rings. The molecule has 6 heteroatoms. The molecule has 0 aromatic carbocycles. The average molecular weight is 238 g/mol. The third-order valence-corrected chi connectivity index (χ3v) is 2.32. The zero-order valence-corrected chi connectivity index (χ0v) is 8.84. The van der Waals surface area contributed by atoms with Crippen LogP contribution in [0, 0.1) is 0 Å². The fourth-order valence-electron chi connectivity index (χ4n) is 1.48. The number of hydrogen-bond donors (Lipinski definition) is 0. The van der Waals surface area contributed by atoms with E-state index < -0.39 is 12.1 Å². The summed E-state index contributed by atoms with van der Waals surface area (Å²) in [5.41, 5.74) is 0. The normalized spacial score (nSPS) is 22.2. The second-order valence-corrected chi connectivity index (χ2v) is 3.55. The van der Waals surface area contributed by atoms with Gasteiger partial charge in [0.15, 0.2) is 0 Å². The molecular formula is C10H13F3O3. The standard InChI is InChI=1S/C10H13F3O3/c1-15-7-4-2-3-5-8(6-7)16-9(14)10(11,12)13/h5,7H,2-4,6H2,1H3. The van der Waals surface area contributed by atoms with Crippen molar-refractivity contribution in [1.29, 1.82) is 0 Å². The van der Waals surface area contributed by atoms with E-state index >= 15 is 0 Å². The number of halogens is 3. The van der Waals surface area contributed by atoms with Crippen LogP contribution in [0.2, 0.25) is 0 Å². The monoisotopic (exact) mass is 238 g/mol. The first-order valence-electron chi connectivity index (χ1n) is 4.94. The Bertz CT molecular complexity index is 284. The van der Waals surface area contributed by atoms with Crippen molar-refractivity contribution in [2.75, 3.05) is 7.11 Å². The maximum Gasteiger partial charge on any atom is 0.491 e. The average Bonchev–Trinajstić information content (AvgIpc) is 2.41. The summed E-state index contributed by atoms with van der Waals surface area (Å²) in [4.78, 5) is 10.6. The van der Waals surface area contributed by atoms with Gasteiger partial charge in [-0.3, -0.25) is 0 Å². The van der Waals surface area contributed by atoms with E-state index in [4.69, 9.17) is 4.74 Å². The van der Waals surface area contributed by atoms with Crippen LogP contribution in [0.25, 0.3) is 0 Å². The van der Waals surface area contributed by atoms with Gasteiger partial charge in [-0.1, -0.05) is 0 Å². The quantitative estimate of drug-likeness (QED) is 0.693. The van der Waals surface area contributed by atoms with E-state index in [9.17, 15) is 18.0 Å². The molecule has 1 aliphatic rings. The van der Waals surface area contributed by atoms with Crippen LogP contribution in [0.3, 0.4) is 0 Å². The van der Waals surface area contributed by atoms with Crippen molar-refractivity contribution in [3.8, 4) is 0 Å². The number of hydrogen-bond acceptors (Lipinski definition) is 3. The van der Waals surface area contributed by atoms with Crippen molar-refractivity contribution in [3.63, 3.8) is 0 Å². The van der Waals surface area contributed by atoms with Gasteiger partial charge in [-0.15, -0.1) is 0 Å². The van der Waals surface area contributed by atoms with E-state index in [0.29, 0.717) is 6.42 Å². The fraction of sp³-hybridized carbons (Fsp3) is 0.700. The van der Waals surface area contributed by atoms with Gasteiger partial charge in [0.1, 0.15) is 5.76 Å². The zero-order valence-electron chi connectivity index (χ0n) is 8.84. The molecule has 16 heavy (non-hydrogen) atoms. The van der Waals surface area contributed by atoms with Crippen LogP contribution in [0.1, 0.15) is 25.7 Å². The summed E-state index contributed by atoms with van der Waals surface area (Å²) in [7, 11) is 1.49. The van der Waals surface area contributed by atoms with Crippen LogP contribution < -0.4 is 0 Å². The van der Waals surface area contributed by atoms with Crippen molar-refractivity contribution < 1.29 is 27.4 Å². The number of rotatable bonds is 2. The Morgan fingerprint density at radius 1 is 1.50 bits per heavy atom. The molecule has 0 aliphatic heterocycles. The highest BCUT2D eigenvalue weighted by atomic mass is 19.4. The first kappa shape index (κ1) is 13.0. The van der Waals surface area contributed by atoms with E-state index in [2.05, 4.69) is 4.74 Å². The lowest BCUT2D eigenvalue weighted by Gasteiger charge is -2.14. The molecule has 3 nitrogen and oxygen atoms in total. The van der Waals surface area contributed by atoms with Gasteiger partial charge in [-0.2, -0.15) is 13.2 Å². The summed E-state index contributed by atoms with van der Waals surface area (Å²) in [5, 5.41) is 0. The predicted octanol–water partition coefficient (Wildman–Crippen LogP) is 2.56. The first-order valence-corrected chi connectivity index (χ1v) is 4.94. The Kier molecular flexibility index (Phi) is 4.35. The topological polar surface area (TPSA) is 35.5 Å². The lowest BCUT2D eigenvalue weighted by molar-refractivity contribution is -0.195. The third-order valence-electron chi connectivity index (χ3n) is 2.32. The zero-order chi connectivity index (χ0) is 12.2. The summed E-state index contributed by atoms with van der Waals surface area (Å²) in [6.45, 7) is 0. The van der Waals surface area contributed by atoms with E-state index in [1.54, 1.807) is 0 Å². The second-order valence-electron chi connectivity index (χ2n) is 3.55. The van der Waals surface area contributed by atoms with Gasteiger partial charge in [0, 0.05) is 13.5 Å². The molecule has 0 aromatic heterocycles. The van der Waals surface area contributed by atoms with Crippen molar-refractivity contribution in [1.82, 2.24) is 0 Å². The maximum absolute atomic E-state index is 12.0. The Morgan fingerprint density at radius 2 is 2.19 bits per heavy atom. The molecule has 1 aliphatic carbocycles. The number of esters is 1. The van der Waals surface area contributed by atoms with Crippen LogP contribution >= 0.6 is 0 Å². The maximum atomic E-state index is 12.0. The molecule has 0 saturated heterocycles. The van der Waals surface area contributed by atoms with Crippen LogP contribution in [0.4, 0.5) is 13.2 Å². The minimum atomic E-state index is -4.95. The SMILES string of the molecule is COC1CCCC=C(OC(=O)C(F)(F)F)C1. The fourth-order valence-corrected chi connectivity index (χ4v) is 1.48. The number of alkyl halides is 3. The summed E-state index contributed by atoms with van der Waals surface area (Å²) in [5.74, 6) is -2.12. The third kappa shape index (κ3) is 3.84. The molecule has 0 spiro atoms. The van der Waals surface area contributed by atoms with Crippen LogP contribution in [-0.2, 0) is 14.3 Å². The van der Waals surface area contributed by atoms with E-state index in [-0.39, 0.29) is 18.3 Å². The molecule has 1 atom stereocenters. The van der Waals surface area contributed by atoms with E-state index in [0.717, 1.165) is 12.8 Å². The molecule has 1 unspecified atom stereocenters. The predicted molar refractivity (Wildman–Crippen MR) is 49.5 cm³/mol. The molecule has 0 aromatic rings. The lowest BCUT2D eigenvalue weighted by atomic mass is 10.1. The van der Waals surface area contributed by atoms with Gasteiger partial charge >= 0.3 is 12.1 Å². The molecule has 92 valence electrons. The molecule has 0 heterocycles. The van der Waals surface area contributed by atoms with Crippen LogP contribution in [0.15, 0.2) is 11.8 Å². The van der Waals surface area contributed by atoms with Gasteiger partial charge in [-0.25, -0.2) is 4.79 Å². The van der Waals surface area contributed by atoms with E-state index in [1.165, 1.54) is 13.2 Å². The number of methoxy groups -OCH3 is 1. The Balaban J connectivity index is 2.58. The first-order chi connectivity index (χ1) is 7.43. The molecule has 0 amide bonds. The highest BCUT2D eigenvalue weighted by Gasteiger charge is 2.41. The summed E-state index contributed by atoms with van der Waals surface area (Å²) < 4.78 is 45.2. The van der Waals surface area contributed by atoms with Gasteiger partial charge < -0.3 is 9.47 Å². The molecule has 0 saturated carbocycles. The minimum absolute atomic E-state index is 0.0478. The number of carbonyl (C=O) groups excluding carboxylic acids is 1. The summed E-state index contributed by atoms with van der Waals surface area (Å²) in [6.07, 6.45) is -1.25. The van der Waals surface area contributed by atoms with Gasteiger partial charge in [0.2, 0.25) is 0 Å². The largest absolute Gasteiger partial charge is 0.491 e. The Hall–Kier alpha value is -1.04. The number of carbonyl (C=O) groups is 1. The Morgan fingerprint density at radius 3 is 2.75 bits per heavy atom. The molecule has 1 rings (SSSR count). The van der Waals surface area contributed by atoms with Crippen LogP contribution in [0.5, 0.6) is 0 Å². The molecular weight excluding hydrogens is 225 g/mol. The van der Waals surface area contributed by atoms with Gasteiger partial charge in [-0.05, 0) is 25.3 Å². The highest BCUT2D eigenvalue weighted by Crippen LogP contribution is 2.24. The second kappa shape index (κ2) is 5.34. The number of allylic oxidation sites excluding steroid dienone is 1. The van der Waals surface area contributed by atoms with Gasteiger partial charge in [0.25, 0.3) is 0 Å². The van der Waals surface area contributed by atoms with Crippen molar-refractivity contribution in [3.05, 3.63) is 11.8 Å². The number of ether oxygens (including phenoxy) is 2. The molecule has 0 N–H and O–H groups in total. The molecule has 0 bridgehead atoms. The Labute approximate surface area is 91.2 Å². The van der Waals surface area contributed by atoms with Crippen LogP contribution in [-0.4, -0.2) is 25.4 Å². The van der Waals surface area contributed by atoms with Crippen molar-refractivity contribution in [2.24, 2.45) is 0 Å².